The molecule has 4 heteroatoms. The largest absolute Gasteiger partial charge is 0.454 e. The van der Waals surface area contributed by atoms with Crippen LogP contribution in [0.2, 0.25) is 0 Å². The van der Waals surface area contributed by atoms with E-state index in [4.69, 9.17) is 9.47 Å². The van der Waals surface area contributed by atoms with Crippen LogP contribution in [0.5, 0.6) is 11.5 Å². The highest BCUT2D eigenvalue weighted by molar-refractivity contribution is 9.10. The minimum absolute atomic E-state index is 0.0971. The van der Waals surface area contributed by atoms with Crippen molar-refractivity contribution < 1.29 is 14.6 Å². The molecule has 16 heavy (non-hydrogen) atoms. The first kappa shape index (κ1) is 11.7. The van der Waals surface area contributed by atoms with Crippen molar-refractivity contribution in [3.63, 3.8) is 0 Å². The lowest BCUT2D eigenvalue weighted by atomic mass is 9.82. The van der Waals surface area contributed by atoms with Crippen molar-refractivity contribution in [2.75, 3.05) is 13.4 Å². The molecule has 0 fully saturated rings. The van der Waals surface area contributed by atoms with E-state index < -0.39 is 0 Å². The quantitative estimate of drug-likeness (QED) is 0.909. The van der Waals surface area contributed by atoms with Crippen molar-refractivity contribution in [3.8, 4) is 11.5 Å². The van der Waals surface area contributed by atoms with Crippen molar-refractivity contribution in [3.05, 3.63) is 21.7 Å². The molecule has 0 radical (unpaired) electrons. The van der Waals surface area contributed by atoms with E-state index in [1.54, 1.807) is 0 Å². The first-order valence-electron chi connectivity index (χ1n) is 5.17. The van der Waals surface area contributed by atoms with Crippen LogP contribution in [0.4, 0.5) is 0 Å². The predicted octanol–water partition coefficient (Wildman–Crippen LogP) is 2.76. The van der Waals surface area contributed by atoms with Crippen LogP contribution in [0.25, 0.3) is 0 Å². The lowest BCUT2D eigenvalue weighted by Crippen LogP contribution is -2.23. The summed E-state index contributed by atoms with van der Waals surface area (Å²) in [6.45, 7) is 6.38. The van der Waals surface area contributed by atoms with Crippen LogP contribution in [0, 0.1) is 6.92 Å². The number of fused-ring (bicyclic) bond motifs is 1. The molecule has 1 aliphatic rings. The summed E-state index contributed by atoms with van der Waals surface area (Å²) < 4.78 is 11.7. The van der Waals surface area contributed by atoms with Crippen LogP contribution >= 0.6 is 15.9 Å². The summed E-state index contributed by atoms with van der Waals surface area (Å²) in [5.41, 5.74) is 1.88. The summed E-state index contributed by atoms with van der Waals surface area (Å²) in [6, 6.07) is 1.96. The molecule has 0 aliphatic carbocycles. The third-order valence-electron chi connectivity index (χ3n) is 2.97. The maximum atomic E-state index is 9.42. The highest BCUT2D eigenvalue weighted by Crippen LogP contribution is 2.45. The Labute approximate surface area is 104 Å². The zero-order valence-electron chi connectivity index (χ0n) is 9.63. The van der Waals surface area contributed by atoms with Crippen molar-refractivity contribution in [1.82, 2.24) is 0 Å². The number of benzene rings is 1. The average molecular weight is 287 g/mol. The van der Waals surface area contributed by atoms with Crippen LogP contribution in [0.3, 0.4) is 0 Å². The molecule has 3 nitrogen and oxygen atoms in total. The van der Waals surface area contributed by atoms with Gasteiger partial charge in [0, 0.05) is 5.41 Å². The van der Waals surface area contributed by atoms with E-state index in [2.05, 4.69) is 15.9 Å². The molecule has 1 aromatic rings. The SMILES string of the molecule is Cc1c(C(C)(C)CO)cc2c(c1Br)OCO2. The van der Waals surface area contributed by atoms with Gasteiger partial charge in [-0.15, -0.1) is 0 Å². The Hall–Kier alpha value is -0.740. The Balaban J connectivity index is 2.60. The fourth-order valence-corrected chi connectivity index (χ4v) is 2.41. The van der Waals surface area contributed by atoms with Gasteiger partial charge in [0.2, 0.25) is 6.79 Å². The van der Waals surface area contributed by atoms with Gasteiger partial charge in [0.05, 0.1) is 11.1 Å². The zero-order valence-corrected chi connectivity index (χ0v) is 11.2. The molecule has 1 N–H and O–H groups in total. The second kappa shape index (κ2) is 3.93. The van der Waals surface area contributed by atoms with Gasteiger partial charge >= 0.3 is 0 Å². The topological polar surface area (TPSA) is 38.7 Å². The van der Waals surface area contributed by atoms with E-state index in [1.807, 2.05) is 26.8 Å². The maximum Gasteiger partial charge on any atom is 0.231 e. The normalized spacial score (nSPS) is 14.3. The molecule has 0 unspecified atom stereocenters. The number of halogens is 1. The van der Waals surface area contributed by atoms with E-state index in [0.717, 1.165) is 27.1 Å². The number of aliphatic hydroxyl groups is 1. The molecule has 1 heterocycles. The van der Waals surface area contributed by atoms with Crippen LogP contribution in [0.1, 0.15) is 25.0 Å². The van der Waals surface area contributed by atoms with Gasteiger partial charge in [-0.3, -0.25) is 0 Å². The molecule has 0 saturated carbocycles. The van der Waals surface area contributed by atoms with E-state index in [-0.39, 0.29) is 18.8 Å². The van der Waals surface area contributed by atoms with Crippen molar-refractivity contribution in [2.24, 2.45) is 0 Å². The lowest BCUT2D eigenvalue weighted by Gasteiger charge is -2.25. The van der Waals surface area contributed by atoms with Gasteiger partial charge in [0.15, 0.2) is 11.5 Å². The monoisotopic (exact) mass is 286 g/mol. The Morgan fingerprint density at radius 1 is 1.44 bits per heavy atom. The minimum atomic E-state index is -0.284. The smallest absolute Gasteiger partial charge is 0.231 e. The molecule has 0 aromatic heterocycles. The van der Waals surface area contributed by atoms with Gasteiger partial charge in [-0.2, -0.15) is 0 Å². The van der Waals surface area contributed by atoms with Crippen LogP contribution in [0.15, 0.2) is 10.5 Å². The molecule has 0 spiro atoms. The van der Waals surface area contributed by atoms with Crippen molar-refractivity contribution in [1.29, 1.82) is 0 Å². The van der Waals surface area contributed by atoms with Crippen molar-refractivity contribution >= 4 is 15.9 Å². The molecular weight excluding hydrogens is 272 g/mol. The summed E-state index contributed by atoms with van der Waals surface area (Å²) in [5, 5.41) is 9.42. The fraction of sp³-hybridized carbons (Fsp3) is 0.500. The fourth-order valence-electron chi connectivity index (χ4n) is 1.88. The number of aliphatic hydroxyl groups excluding tert-OH is 1. The van der Waals surface area contributed by atoms with E-state index in [0.29, 0.717) is 0 Å². The summed E-state index contributed by atoms with van der Waals surface area (Å²) in [4.78, 5) is 0. The van der Waals surface area contributed by atoms with Gasteiger partial charge in [-0.05, 0) is 40.0 Å². The number of rotatable bonds is 2. The summed E-state index contributed by atoms with van der Waals surface area (Å²) in [7, 11) is 0. The summed E-state index contributed by atoms with van der Waals surface area (Å²) in [6.07, 6.45) is 0. The third kappa shape index (κ3) is 1.70. The van der Waals surface area contributed by atoms with E-state index in [9.17, 15) is 5.11 Å². The maximum absolute atomic E-state index is 9.42. The van der Waals surface area contributed by atoms with Crippen LogP contribution < -0.4 is 9.47 Å². The summed E-state index contributed by atoms with van der Waals surface area (Å²) in [5.74, 6) is 1.50. The van der Waals surface area contributed by atoms with Gasteiger partial charge in [0.1, 0.15) is 0 Å². The van der Waals surface area contributed by atoms with Gasteiger partial charge in [-0.1, -0.05) is 13.8 Å². The van der Waals surface area contributed by atoms with Crippen molar-refractivity contribution in [2.45, 2.75) is 26.2 Å². The minimum Gasteiger partial charge on any atom is -0.454 e. The van der Waals surface area contributed by atoms with E-state index in [1.165, 1.54) is 0 Å². The molecular formula is C12H15BrO3. The highest BCUT2D eigenvalue weighted by Gasteiger charge is 2.28. The predicted molar refractivity (Wildman–Crippen MR) is 65.1 cm³/mol. The Morgan fingerprint density at radius 3 is 2.75 bits per heavy atom. The molecule has 0 saturated heterocycles. The Bertz CT molecular complexity index is 427. The molecule has 2 rings (SSSR count). The Morgan fingerprint density at radius 2 is 2.12 bits per heavy atom. The number of ether oxygens (including phenoxy) is 2. The third-order valence-corrected chi connectivity index (χ3v) is 3.93. The molecule has 88 valence electrons. The zero-order chi connectivity index (χ0) is 11.9. The molecule has 1 aromatic carbocycles. The second-order valence-electron chi connectivity index (χ2n) is 4.64. The van der Waals surface area contributed by atoms with E-state index >= 15 is 0 Å². The van der Waals surface area contributed by atoms with Crippen LogP contribution in [-0.4, -0.2) is 18.5 Å². The molecule has 0 bridgehead atoms. The first-order valence-corrected chi connectivity index (χ1v) is 5.96. The van der Waals surface area contributed by atoms with Gasteiger partial charge in [-0.25, -0.2) is 0 Å². The second-order valence-corrected chi connectivity index (χ2v) is 5.43. The standard InChI is InChI=1S/C12H15BrO3/c1-7-8(12(2,3)5-14)4-9-11(10(7)13)16-6-15-9/h4,14H,5-6H2,1-3H3. The molecule has 1 aliphatic heterocycles. The first-order chi connectivity index (χ1) is 7.47. The highest BCUT2D eigenvalue weighted by atomic mass is 79.9. The van der Waals surface area contributed by atoms with Gasteiger partial charge in [0.25, 0.3) is 0 Å². The summed E-state index contributed by atoms with van der Waals surface area (Å²) >= 11 is 3.52. The average Bonchev–Trinajstić information content (AvgIpc) is 2.71. The number of hydrogen-bond acceptors (Lipinski definition) is 3. The molecule has 0 amide bonds. The van der Waals surface area contributed by atoms with Crippen LogP contribution in [-0.2, 0) is 5.41 Å². The Kier molecular flexibility index (Phi) is 2.88. The lowest BCUT2D eigenvalue weighted by molar-refractivity contribution is 0.173. The number of hydrogen-bond donors (Lipinski definition) is 1. The van der Waals surface area contributed by atoms with Gasteiger partial charge < -0.3 is 14.6 Å². The molecule has 0 atom stereocenters.